The third-order valence-corrected chi connectivity index (χ3v) is 8.24. The van der Waals surface area contributed by atoms with E-state index in [-0.39, 0.29) is 11.6 Å². The monoisotopic (exact) mass is 519 g/mol. The summed E-state index contributed by atoms with van der Waals surface area (Å²) in [6, 6.07) is 12.8. The molecule has 194 valence electrons. The Bertz CT molecular complexity index is 1500. The van der Waals surface area contributed by atoms with Crippen molar-refractivity contribution in [2.45, 2.75) is 31.3 Å². The first-order valence-electron chi connectivity index (χ1n) is 13.1. The quantitative estimate of drug-likeness (QED) is 0.363. The van der Waals surface area contributed by atoms with E-state index in [4.69, 9.17) is 16.6 Å². The van der Waals surface area contributed by atoms with Gasteiger partial charge in [0.1, 0.15) is 11.4 Å². The summed E-state index contributed by atoms with van der Waals surface area (Å²) < 4.78 is 0. The van der Waals surface area contributed by atoms with Gasteiger partial charge in [-0.3, -0.25) is 4.79 Å². The van der Waals surface area contributed by atoms with E-state index in [1.54, 1.807) is 6.07 Å². The van der Waals surface area contributed by atoms with Crippen LogP contribution < -0.4 is 15.8 Å². The van der Waals surface area contributed by atoms with Crippen LogP contribution in [0.3, 0.4) is 0 Å². The van der Waals surface area contributed by atoms with Crippen LogP contribution in [0.15, 0.2) is 41.2 Å². The molecule has 0 saturated carbocycles. The third kappa shape index (κ3) is 4.69. The van der Waals surface area contributed by atoms with E-state index < -0.39 is 0 Å². The first-order chi connectivity index (χ1) is 17.9. The fourth-order valence-electron chi connectivity index (χ4n) is 5.71. The molecule has 2 aromatic heterocycles. The van der Waals surface area contributed by atoms with Gasteiger partial charge < -0.3 is 30.0 Å². The molecule has 0 radical (unpaired) electrons. The largest absolute Gasteiger partial charge is 0.381 e. The number of aromatic amines is 2. The van der Waals surface area contributed by atoms with Crippen molar-refractivity contribution in [1.82, 2.24) is 24.8 Å². The third-order valence-electron chi connectivity index (χ3n) is 8.00. The van der Waals surface area contributed by atoms with E-state index in [1.165, 1.54) is 5.69 Å². The molecule has 0 spiro atoms. The molecule has 2 aromatic carbocycles. The lowest BCUT2D eigenvalue weighted by molar-refractivity contribution is 0.264. The van der Waals surface area contributed by atoms with Gasteiger partial charge in [-0.25, -0.2) is 4.98 Å². The molecule has 2 saturated heterocycles. The number of imidazole rings is 1. The minimum absolute atomic E-state index is 0.169. The number of rotatable bonds is 5. The van der Waals surface area contributed by atoms with Gasteiger partial charge in [-0.1, -0.05) is 11.6 Å². The summed E-state index contributed by atoms with van der Waals surface area (Å²) in [5.41, 5.74) is 4.86. The van der Waals surface area contributed by atoms with E-state index in [0.717, 1.165) is 73.1 Å². The van der Waals surface area contributed by atoms with Gasteiger partial charge in [-0.2, -0.15) is 0 Å². The summed E-state index contributed by atoms with van der Waals surface area (Å²) in [6.45, 7) is 4.08. The van der Waals surface area contributed by atoms with Gasteiger partial charge in [0.25, 0.3) is 5.56 Å². The lowest BCUT2D eigenvalue weighted by Gasteiger charge is -2.31. The number of halogens is 1. The van der Waals surface area contributed by atoms with Gasteiger partial charge >= 0.3 is 0 Å². The molecule has 4 aromatic rings. The number of nitrogens with one attached hydrogen (secondary N) is 3. The number of pyridine rings is 1. The smallest absolute Gasteiger partial charge is 0.261 e. The van der Waals surface area contributed by atoms with Gasteiger partial charge in [-0.05, 0) is 89.9 Å². The minimum atomic E-state index is -0.169. The maximum absolute atomic E-state index is 13.5. The molecule has 37 heavy (non-hydrogen) atoms. The van der Waals surface area contributed by atoms with E-state index in [1.807, 2.05) is 18.2 Å². The highest BCUT2D eigenvalue weighted by atomic mass is 35.5. The summed E-state index contributed by atoms with van der Waals surface area (Å²) in [4.78, 5) is 31.9. The van der Waals surface area contributed by atoms with Crippen LogP contribution in [0.5, 0.6) is 0 Å². The maximum Gasteiger partial charge on any atom is 0.261 e. The number of nitrogens with zero attached hydrogens (tertiary/aromatic N) is 4. The number of likely N-dealkylation sites (N-methyl/N-ethyl adjacent to an activating group) is 1. The average Bonchev–Trinajstić information content (AvgIpc) is 3.53. The molecule has 3 N–H and O–H groups in total. The number of anilines is 2. The van der Waals surface area contributed by atoms with Gasteiger partial charge in [0.2, 0.25) is 0 Å². The SMILES string of the molecule is CN1CCC(Nc2c(-c3nc4ccc(N5CCC(N(C)C)C5)cc4[nH]3)c(=O)[nH]c3ccc(Cl)cc23)CC1. The van der Waals surface area contributed by atoms with Crippen LogP contribution in [0, 0.1) is 0 Å². The Kier molecular flexibility index (Phi) is 6.34. The molecule has 9 heteroatoms. The zero-order valence-corrected chi connectivity index (χ0v) is 22.4. The number of piperidine rings is 1. The molecule has 1 unspecified atom stereocenters. The fourth-order valence-corrected chi connectivity index (χ4v) is 5.88. The van der Waals surface area contributed by atoms with Gasteiger partial charge in [0.05, 0.1) is 22.2 Å². The summed E-state index contributed by atoms with van der Waals surface area (Å²) >= 11 is 6.41. The summed E-state index contributed by atoms with van der Waals surface area (Å²) in [6.07, 6.45) is 3.18. The number of H-pyrrole nitrogens is 2. The van der Waals surface area contributed by atoms with E-state index in [9.17, 15) is 4.79 Å². The summed E-state index contributed by atoms with van der Waals surface area (Å²) in [5, 5.41) is 5.25. The Hall–Kier alpha value is -3.07. The van der Waals surface area contributed by atoms with Crippen molar-refractivity contribution in [2.24, 2.45) is 0 Å². The predicted molar refractivity (Wildman–Crippen MR) is 153 cm³/mol. The second-order valence-electron chi connectivity index (χ2n) is 10.8. The molecule has 2 aliphatic rings. The second-order valence-corrected chi connectivity index (χ2v) is 11.2. The lowest BCUT2D eigenvalue weighted by Crippen LogP contribution is -2.37. The van der Waals surface area contributed by atoms with Crippen LogP contribution in [0.2, 0.25) is 5.02 Å². The van der Waals surface area contributed by atoms with Crippen molar-refractivity contribution >= 4 is 44.9 Å². The standard InChI is InChI=1S/C28H34ClN7O/c1-34(2)20-10-13-36(16-20)19-5-7-23-24(15-19)32-27(31-23)25-26(30-18-8-11-35(3)12-9-18)21-14-17(29)4-6-22(21)33-28(25)37/h4-7,14-15,18,20H,8-13,16H2,1-3H3,(H,31,32)(H2,30,33,37). The molecule has 0 bridgehead atoms. The zero-order valence-electron chi connectivity index (χ0n) is 21.6. The number of likely N-dealkylation sites (tertiary alicyclic amines) is 1. The Morgan fingerprint density at radius 2 is 1.84 bits per heavy atom. The summed E-state index contributed by atoms with van der Waals surface area (Å²) in [7, 11) is 6.43. The number of fused-ring (bicyclic) bond motifs is 2. The van der Waals surface area contributed by atoms with Crippen LogP contribution in [0.25, 0.3) is 33.3 Å². The van der Waals surface area contributed by atoms with Crippen LogP contribution in [0.1, 0.15) is 19.3 Å². The molecular weight excluding hydrogens is 486 g/mol. The molecule has 8 nitrogen and oxygen atoms in total. The zero-order chi connectivity index (χ0) is 25.7. The van der Waals surface area contributed by atoms with Crippen molar-refractivity contribution in [2.75, 3.05) is 57.5 Å². The first-order valence-corrected chi connectivity index (χ1v) is 13.5. The molecular formula is C28H34ClN7O. The second kappa shape index (κ2) is 9.67. The molecule has 0 amide bonds. The highest BCUT2D eigenvalue weighted by molar-refractivity contribution is 6.31. The van der Waals surface area contributed by atoms with E-state index in [2.05, 4.69) is 63.3 Å². The molecule has 1 atom stereocenters. The van der Waals surface area contributed by atoms with Crippen LogP contribution in [-0.4, -0.2) is 84.2 Å². The minimum Gasteiger partial charge on any atom is -0.381 e. The Morgan fingerprint density at radius 3 is 2.59 bits per heavy atom. The van der Waals surface area contributed by atoms with Crippen molar-refractivity contribution in [1.29, 1.82) is 0 Å². The molecule has 2 aliphatic heterocycles. The normalized spacial score (nSPS) is 19.5. The van der Waals surface area contributed by atoms with Crippen molar-refractivity contribution in [3.8, 4) is 11.4 Å². The van der Waals surface area contributed by atoms with Crippen molar-refractivity contribution < 1.29 is 0 Å². The van der Waals surface area contributed by atoms with Gasteiger partial charge in [-0.15, -0.1) is 0 Å². The highest BCUT2D eigenvalue weighted by Crippen LogP contribution is 2.34. The lowest BCUT2D eigenvalue weighted by atomic mass is 10.0. The Morgan fingerprint density at radius 1 is 1.03 bits per heavy atom. The number of hydrogen-bond donors (Lipinski definition) is 3. The maximum atomic E-state index is 13.5. The molecule has 0 aliphatic carbocycles. The van der Waals surface area contributed by atoms with Gasteiger partial charge in [0, 0.05) is 41.3 Å². The number of hydrogen-bond acceptors (Lipinski definition) is 6. The van der Waals surface area contributed by atoms with Crippen LogP contribution in [0.4, 0.5) is 11.4 Å². The van der Waals surface area contributed by atoms with Crippen molar-refractivity contribution in [3.63, 3.8) is 0 Å². The number of benzene rings is 2. The molecule has 6 rings (SSSR count). The predicted octanol–water partition coefficient (Wildman–Crippen LogP) is 4.37. The molecule has 4 heterocycles. The number of aromatic nitrogens is 3. The summed E-state index contributed by atoms with van der Waals surface area (Å²) in [5.74, 6) is 0.568. The first kappa shape index (κ1) is 24.3. The Labute approximate surface area is 221 Å². The van der Waals surface area contributed by atoms with E-state index >= 15 is 0 Å². The van der Waals surface area contributed by atoms with Gasteiger partial charge in [0.15, 0.2) is 0 Å². The Balaban J connectivity index is 1.42. The topological polar surface area (TPSA) is 83.3 Å². The molecule has 2 fully saturated rings. The van der Waals surface area contributed by atoms with Crippen molar-refractivity contribution in [3.05, 3.63) is 51.8 Å². The average molecular weight is 520 g/mol. The van der Waals surface area contributed by atoms with E-state index in [0.29, 0.717) is 22.5 Å². The van der Waals surface area contributed by atoms with Crippen LogP contribution >= 0.6 is 11.6 Å². The fraction of sp³-hybridized carbons (Fsp3) is 0.429. The van der Waals surface area contributed by atoms with Crippen LogP contribution in [-0.2, 0) is 0 Å². The highest BCUT2D eigenvalue weighted by Gasteiger charge is 2.26.